The summed E-state index contributed by atoms with van der Waals surface area (Å²) in [7, 11) is 0. The SMILES string of the molecule is O=C1NC(=O)c2ccccc21.O=c1[nH]c(=O)c2ccccc2[nH]1. The molecule has 0 aliphatic carbocycles. The second-order valence-corrected chi connectivity index (χ2v) is 4.78. The maximum absolute atomic E-state index is 11.1. The molecule has 0 unspecified atom stereocenters. The van der Waals surface area contributed by atoms with Gasteiger partial charge in [-0.2, -0.15) is 0 Å². The summed E-state index contributed by atoms with van der Waals surface area (Å²) in [5.74, 6) is -0.601. The highest BCUT2D eigenvalue weighted by Crippen LogP contribution is 2.13. The molecular formula is C16H11N3O4. The minimum absolute atomic E-state index is 0.300. The summed E-state index contributed by atoms with van der Waals surface area (Å²) in [6, 6.07) is 13.6. The van der Waals surface area contributed by atoms with Crippen LogP contribution in [0.5, 0.6) is 0 Å². The lowest BCUT2D eigenvalue weighted by molar-refractivity contribution is 0.0879. The maximum atomic E-state index is 11.1. The van der Waals surface area contributed by atoms with Crippen LogP contribution >= 0.6 is 0 Å². The first kappa shape index (κ1) is 14.5. The van der Waals surface area contributed by atoms with E-state index in [1.807, 2.05) is 0 Å². The summed E-state index contributed by atoms with van der Waals surface area (Å²) in [4.78, 5) is 48.5. The Bertz CT molecular complexity index is 1000. The lowest BCUT2D eigenvalue weighted by atomic mass is 10.1. The number of H-pyrrole nitrogens is 2. The fourth-order valence-corrected chi connectivity index (χ4v) is 2.23. The molecule has 1 aliphatic heterocycles. The van der Waals surface area contributed by atoms with Crippen molar-refractivity contribution in [3.05, 3.63) is 80.5 Å². The number of benzene rings is 2. The van der Waals surface area contributed by atoms with Crippen molar-refractivity contribution in [2.75, 3.05) is 0 Å². The van der Waals surface area contributed by atoms with Crippen molar-refractivity contribution in [2.45, 2.75) is 0 Å². The Hall–Kier alpha value is -3.48. The number of nitrogens with one attached hydrogen (secondary N) is 3. The summed E-state index contributed by atoms with van der Waals surface area (Å²) in [5.41, 5.74) is 0.675. The van der Waals surface area contributed by atoms with E-state index >= 15 is 0 Å². The van der Waals surface area contributed by atoms with E-state index in [0.717, 1.165) is 0 Å². The summed E-state index contributed by atoms with van der Waals surface area (Å²) in [6.07, 6.45) is 0. The van der Waals surface area contributed by atoms with Crippen LogP contribution in [-0.4, -0.2) is 21.8 Å². The number of aromatic amines is 2. The van der Waals surface area contributed by atoms with Crippen LogP contribution in [0.25, 0.3) is 10.9 Å². The molecule has 2 aromatic carbocycles. The fourth-order valence-electron chi connectivity index (χ4n) is 2.23. The lowest BCUT2D eigenvalue weighted by Gasteiger charge is -1.92. The van der Waals surface area contributed by atoms with Gasteiger partial charge in [0.05, 0.1) is 22.0 Å². The largest absolute Gasteiger partial charge is 0.326 e. The highest BCUT2D eigenvalue weighted by molar-refractivity contribution is 6.21. The number of fused-ring (bicyclic) bond motifs is 2. The van der Waals surface area contributed by atoms with Crippen molar-refractivity contribution >= 4 is 22.7 Å². The lowest BCUT2D eigenvalue weighted by Crippen LogP contribution is -2.21. The van der Waals surface area contributed by atoms with E-state index in [4.69, 9.17) is 0 Å². The van der Waals surface area contributed by atoms with Crippen LogP contribution in [0.15, 0.2) is 58.1 Å². The Labute approximate surface area is 129 Å². The molecule has 0 radical (unpaired) electrons. The van der Waals surface area contributed by atoms with Crippen LogP contribution < -0.4 is 16.6 Å². The normalized spacial score (nSPS) is 12.3. The highest BCUT2D eigenvalue weighted by Gasteiger charge is 2.25. The smallest absolute Gasteiger partial charge is 0.307 e. The Morgan fingerprint density at radius 2 is 1.22 bits per heavy atom. The van der Waals surface area contributed by atoms with Crippen molar-refractivity contribution < 1.29 is 9.59 Å². The van der Waals surface area contributed by atoms with Crippen LogP contribution in [0.3, 0.4) is 0 Å². The Morgan fingerprint density at radius 3 is 1.87 bits per heavy atom. The van der Waals surface area contributed by atoms with E-state index in [1.165, 1.54) is 0 Å². The minimum Gasteiger partial charge on any atom is -0.307 e. The average Bonchev–Trinajstić information content (AvgIpc) is 2.83. The summed E-state index contributed by atoms with van der Waals surface area (Å²) < 4.78 is 0. The van der Waals surface area contributed by atoms with Crippen LogP contribution in [0, 0.1) is 0 Å². The van der Waals surface area contributed by atoms with Crippen molar-refractivity contribution in [1.82, 2.24) is 15.3 Å². The molecule has 3 aromatic rings. The molecule has 0 fully saturated rings. The molecule has 1 aliphatic rings. The van der Waals surface area contributed by atoms with Gasteiger partial charge < -0.3 is 4.98 Å². The van der Waals surface area contributed by atoms with E-state index in [0.29, 0.717) is 22.0 Å². The molecule has 2 amide bonds. The summed E-state index contributed by atoms with van der Waals surface area (Å²) >= 11 is 0. The number of hydrogen-bond acceptors (Lipinski definition) is 4. The van der Waals surface area contributed by atoms with Gasteiger partial charge in [-0.1, -0.05) is 24.3 Å². The first-order valence-electron chi connectivity index (χ1n) is 6.72. The van der Waals surface area contributed by atoms with Gasteiger partial charge in [0.25, 0.3) is 17.4 Å². The molecule has 2 heterocycles. The van der Waals surface area contributed by atoms with Gasteiger partial charge >= 0.3 is 5.69 Å². The molecular weight excluding hydrogens is 298 g/mol. The predicted molar refractivity (Wildman–Crippen MR) is 83.4 cm³/mol. The van der Waals surface area contributed by atoms with Crippen molar-refractivity contribution in [2.24, 2.45) is 0 Å². The number of para-hydroxylation sites is 1. The first-order valence-corrected chi connectivity index (χ1v) is 6.72. The third kappa shape index (κ3) is 2.80. The molecule has 1 aromatic heterocycles. The molecule has 0 saturated heterocycles. The van der Waals surface area contributed by atoms with Crippen molar-refractivity contribution in [1.29, 1.82) is 0 Å². The quantitative estimate of drug-likeness (QED) is 0.533. The number of hydrogen-bond donors (Lipinski definition) is 3. The molecule has 0 spiro atoms. The van der Waals surface area contributed by atoms with Gasteiger partial charge in [-0.25, -0.2) is 4.79 Å². The Morgan fingerprint density at radius 1 is 0.652 bits per heavy atom. The number of aromatic nitrogens is 2. The maximum Gasteiger partial charge on any atom is 0.326 e. The Balaban J connectivity index is 0.000000136. The second kappa shape index (κ2) is 5.72. The van der Waals surface area contributed by atoms with Gasteiger partial charge in [-0.05, 0) is 24.3 Å². The second-order valence-electron chi connectivity index (χ2n) is 4.78. The number of amides is 2. The topological polar surface area (TPSA) is 112 Å². The number of carbonyl (C=O) groups excluding carboxylic acids is 2. The van der Waals surface area contributed by atoms with E-state index < -0.39 is 5.69 Å². The first-order chi connectivity index (χ1) is 11.1. The number of rotatable bonds is 0. The third-order valence-electron chi connectivity index (χ3n) is 3.29. The summed E-state index contributed by atoms with van der Waals surface area (Å²) in [6.45, 7) is 0. The minimum atomic E-state index is -0.473. The standard InChI is InChI=1S/C8H6N2O2.C8H5NO2/c11-7-5-3-1-2-4-6(5)9-8(12)10-7;10-7-5-3-1-2-4-6(5)8(11)9-7/h1-4H,(H2,9,10,11,12);1-4H,(H,9,10,11). The van der Waals surface area contributed by atoms with Crippen LogP contribution in [0.1, 0.15) is 20.7 Å². The van der Waals surface area contributed by atoms with Gasteiger partial charge in [0.15, 0.2) is 0 Å². The van der Waals surface area contributed by atoms with Crippen molar-refractivity contribution in [3.8, 4) is 0 Å². The van der Waals surface area contributed by atoms with E-state index in [-0.39, 0.29) is 17.4 Å². The zero-order chi connectivity index (χ0) is 16.4. The molecule has 4 rings (SSSR count). The van der Waals surface area contributed by atoms with Gasteiger partial charge in [-0.3, -0.25) is 24.7 Å². The van der Waals surface area contributed by atoms with Crippen LogP contribution in [0.2, 0.25) is 0 Å². The summed E-state index contributed by atoms with van der Waals surface area (Å²) in [5, 5.41) is 2.70. The van der Waals surface area contributed by atoms with Crippen LogP contribution in [-0.2, 0) is 0 Å². The Kier molecular flexibility index (Phi) is 3.60. The van der Waals surface area contributed by atoms with Crippen LogP contribution in [0.4, 0.5) is 0 Å². The van der Waals surface area contributed by atoms with E-state index in [2.05, 4.69) is 15.3 Å². The molecule has 0 bridgehead atoms. The third-order valence-corrected chi connectivity index (χ3v) is 3.29. The zero-order valence-electron chi connectivity index (χ0n) is 11.8. The van der Waals surface area contributed by atoms with Gasteiger partial charge in [0.1, 0.15) is 0 Å². The predicted octanol–water partition coefficient (Wildman–Crippen LogP) is 0.787. The van der Waals surface area contributed by atoms with Gasteiger partial charge in [0.2, 0.25) is 0 Å². The molecule has 0 saturated carbocycles. The van der Waals surface area contributed by atoms with E-state index in [9.17, 15) is 19.2 Å². The number of imide groups is 1. The molecule has 7 nitrogen and oxygen atoms in total. The molecule has 0 atom stereocenters. The van der Waals surface area contributed by atoms with Gasteiger partial charge in [0, 0.05) is 0 Å². The molecule has 3 N–H and O–H groups in total. The zero-order valence-corrected chi connectivity index (χ0v) is 11.8. The number of carbonyl (C=O) groups is 2. The molecule has 23 heavy (non-hydrogen) atoms. The van der Waals surface area contributed by atoms with Crippen molar-refractivity contribution in [3.63, 3.8) is 0 Å². The fraction of sp³-hybridized carbons (Fsp3) is 0. The molecule has 114 valence electrons. The highest BCUT2D eigenvalue weighted by atomic mass is 16.2. The average molecular weight is 309 g/mol. The molecule has 7 heteroatoms. The van der Waals surface area contributed by atoms with E-state index in [1.54, 1.807) is 48.5 Å². The monoisotopic (exact) mass is 309 g/mol. The van der Waals surface area contributed by atoms with Gasteiger partial charge in [-0.15, -0.1) is 0 Å².